The van der Waals surface area contributed by atoms with Gasteiger partial charge in [-0.2, -0.15) is 0 Å². The lowest BCUT2D eigenvalue weighted by atomic mass is 10.1. The number of fused-ring (bicyclic) bond motifs is 1. The lowest BCUT2D eigenvalue weighted by Gasteiger charge is -2.08. The fraction of sp³-hybridized carbons (Fsp3) is 0.429. The summed E-state index contributed by atoms with van der Waals surface area (Å²) in [6, 6.07) is 6.04. The number of aryl methyl sites for hydroxylation is 1. The average Bonchev–Trinajstić information content (AvgIpc) is 2.97. The third-order valence-electron chi connectivity index (χ3n) is 3.92. The van der Waals surface area contributed by atoms with Gasteiger partial charge in [0.25, 0.3) is 0 Å². The predicted octanol–water partition coefficient (Wildman–Crippen LogP) is 2.87. The molecule has 1 aromatic carbocycles. The molecule has 1 aromatic heterocycles. The van der Waals surface area contributed by atoms with Gasteiger partial charge in [0.05, 0.1) is 11.0 Å². The predicted molar refractivity (Wildman–Crippen MR) is 77.8 cm³/mol. The molecule has 3 nitrogen and oxygen atoms in total. The summed E-state index contributed by atoms with van der Waals surface area (Å²) in [5, 5.41) is 0. The van der Waals surface area contributed by atoms with Gasteiger partial charge in [-0.15, -0.1) is 0 Å². The van der Waals surface area contributed by atoms with E-state index >= 15 is 0 Å². The zero-order valence-corrected chi connectivity index (χ0v) is 11.3. The van der Waals surface area contributed by atoms with Crippen LogP contribution >= 0.6 is 12.2 Å². The molecular weight excluding hydrogens is 242 g/mol. The van der Waals surface area contributed by atoms with Crippen molar-refractivity contribution in [3.63, 3.8) is 0 Å². The smallest absolute Gasteiger partial charge is 0.112 e. The van der Waals surface area contributed by atoms with E-state index in [1.165, 1.54) is 31.5 Å². The third kappa shape index (κ3) is 1.81. The Morgan fingerprint density at radius 1 is 1.39 bits per heavy atom. The number of nitrogens with zero attached hydrogens (tertiary/aromatic N) is 2. The number of nitrogens with two attached hydrogens (primary N) is 1. The number of thiocarbonyl (C=S) groups is 1. The minimum Gasteiger partial charge on any atom is -0.389 e. The largest absolute Gasteiger partial charge is 0.389 e. The summed E-state index contributed by atoms with van der Waals surface area (Å²) >= 11 is 5.02. The molecule has 0 spiro atoms. The Bertz CT molecular complexity index is 609. The lowest BCUT2D eigenvalue weighted by Crippen LogP contribution is -2.08. The Balaban J connectivity index is 2.11. The van der Waals surface area contributed by atoms with Crippen molar-refractivity contribution in [3.8, 4) is 0 Å². The quantitative estimate of drug-likeness (QED) is 0.843. The highest BCUT2D eigenvalue weighted by Gasteiger charge is 2.22. The third-order valence-corrected chi connectivity index (χ3v) is 4.16. The first kappa shape index (κ1) is 11.7. The van der Waals surface area contributed by atoms with Crippen molar-refractivity contribution in [1.29, 1.82) is 0 Å². The molecule has 0 bridgehead atoms. The highest BCUT2D eigenvalue weighted by molar-refractivity contribution is 7.80. The number of hydrogen-bond acceptors (Lipinski definition) is 2. The summed E-state index contributed by atoms with van der Waals surface area (Å²) in [5.74, 6) is 1.83. The highest BCUT2D eigenvalue weighted by atomic mass is 32.1. The van der Waals surface area contributed by atoms with Crippen molar-refractivity contribution in [3.05, 3.63) is 29.6 Å². The maximum Gasteiger partial charge on any atom is 0.112 e. The van der Waals surface area contributed by atoms with Crippen LogP contribution in [0.25, 0.3) is 11.0 Å². The molecule has 0 amide bonds. The second-order valence-electron chi connectivity index (χ2n) is 5.08. The standard InChI is InChI=1S/C14H17N3S/c1-17-12-7-6-10(13(15)18)8-11(12)16-14(17)9-4-2-3-5-9/h6-9H,2-5H2,1H3,(H2,15,18). The van der Waals surface area contributed by atoms with Crippen LogP contribution in [0.2, 0.25) is 0 Å². The van der Waals surface area contributed by atoms with Crippen molar-refractivity contribution >= 4 is 28.2 Å². The van der Waals surface area contributed by atoms with Crippen LogP contribution in [0, 0.1) is 0 Å². The van der Waals surface area contributed by atoms with Crippen molar-refractivity contribution < 1.29 is 0 Å². The average molecular weight is 259 g/mol. The fourth-order valence-electron chi connectivity index (χ4n) is 2.92. The Kier molecular flexibility index (Phi) is 2.82. The minimum atomic E-state index is 0.435. The number of rotatable bonds is 2. The van der Waals surface area contributed by atoms with E-state index in [2.05, 4.69) is 17.7 Å². The van der Waals surface area contributed by atoms with E-state index in [9.17, 15) is 0 Å². The second-order valence-corrected chi connectivity index (χ2v) is 5.52. The molecule has 18 heavy (non-hydrogen) atoms. The second kappa shape index (κ2) is 4.35. The first-order valence-corrected chi connectivity index (χ1v) is 6.84. The molecule has 94 valence electrons. The van der Waals surface area contributed by atoms with Gasteiger partial charge >= 0.3 is 0 Å². The molecule has 2 aromatic rings. The first-order valence-electron chi connectivity index (χ1n) is 6.43. The van der Waals surface area contributed by atoms with E-state index < -0.39 is 0 Å². The van der Waals surface area contributed by atoms with Gasteiger partial charge in [0.1, 0.15) is 10.8 Å². The van der Waals surface area contributed by atoms with E-state index in [1.54, 1.807) is 0 Å². The first-order chi connectivity index (χ1) is 8.66. The summed E-state index contributed by atoms with van der Waals surface area (Å²) in [7, 11) is 2.10. The molecular formula is C14H17N3S. The molecule has 1 fully saturated rings. The summed E-state index contributed by atoms with van der Waals surface area (Å²) in [6.45, 7) is 0. The van der Waals surface area contributed by atoms with Crippen LogP contribution < -0.4 is 5.73 Å². The summed E-state index contributed by atoms with van der Waals surface area (Å²) < 4.78 is 2.22. The monoisotopic (exact) mass is 259 g/mol. The Morgan fingerprint density at radius 2 is 2.11 bits per heavy atom. The minimum absolute atomic E-state index is 0.435. The summed E-state index contributed by atoms with van der Waals surface area (Å²) in [4.78, 5) is 5.22. The molecule has 0 unspecified atom stereocenters. The zero-order chi connectivity index (χ0) is 12.7. The zero-order valence-electron chi connectivity index (χ0n) is 10.5. The van der Waals surface area contributed by atoms with E-state index in [0.717, 1.165) is 16.6 Å². The Morgan fingerprint density at radius 3 is 2.78 bits per heavy atom. The number of benzene rings is 1. The van der Waals surface area contributed by atoms with Gasteiger partial charge in [-0.3, -0.25) is 0 Å². The van der Waals surface area contributed by atoms with Gasteiger partial charge in [-0.25, -0.2) is 4.98 Å². The normalized spacial score (nSPS) is 16.5. The van der Waals surface area contributed by atoms with Crippen molar-refractivity contribution in [2.75, 3.05) is 0 Å². The van der Waals surface area contributed by atoms with Gasteiger partial charge in [-0.05, 0) is 31.0 Å². The number of imidazole rings is 1. The molecule has 1 heterocycles. The van der Waals surface area contributed by atoms with E-state index in [0.29, 0.717) is 10.9 Å². The van der Waals surface area contributed by atoms with E-state index in [4.69, 9.17) is 22.9 Å². The number of aromatic nitrogens is 2. The van der Waals surface area contributed by atoms with Gasteiger partial charge in [0, 0.05) is 18.5 Å². The topological polar surface area (TPSA) is 43.8 Å². The van der Waals surface area contributed by atoms with Crippen LogP contribution in [0.3, 0.4) is 0 Å². The molecule has 0 aliphatic heterocycles. The van der Waals surface area contributed by atoms with E-state index in [1.807, 2.05) is 12.1 Å². The highest BCUT2D eigenvalue weighted by Crippen LogP contribution is 2.34. The Hall–Kier alpha value is -1.42. The van der Waals surface area contributed by atoms with Crippen LogP contribution in [0.4, 0.5) is 0 Å². The van der Waals surface area contributed by atoms with Crippen molar-refractivity contribution in [2.45, 2.75) is 31.6 Å². The molecule has 0 radical (unpaired) electrons. The fourth-order valence-corrected chi connectivity index (χ4v) is 3.05. The molecule has 0 saturated heterocycles. The van der Waals surface area contributed by atoms with Crippen molar-refractivity contribution in [1.82, 2.24) is 9.55 Å². The SMILES string of the molecule is Cn1c(C2CCCC2)nc2cc(C(N)=S)ccc21. The molecule has 2 N–H and O–H groups in total. The molecule has 1 aliphatic rings. The summed E-state index contributed by atoms with van der Waals surface area (Å²) in [5.41, 5.74) is 8.73. The van der Waals surface area contributed by atoms with Crippen molar-refractivity contribution in [2.24, 2.45) is 12.8 Å². The number of hydrogen-bond donors (Lipinski definition) is 1. The van der Waals surface area contributed by atoms with Crippen LogP contribution in [0.1, 0.15) is 43.0 Å². The Labute approximate surface area is 112 Å². The van der Waals surface area contributed by atoms with Crippen LogP contribution in [-0.4, -0.2) is 14.5 Å². The molecule has 1 saturated carbocycles. The van der Waals surface area contributed by atoms with Crippen LogP contribution in [-0.2, 0) is 7.05 Å². The van der Waals surface area contributed by atoms with Gasteiger partial charge in [0.15, 0.2) is 0 Å². The van der Waals surface area contributed by atoms with Crippen LogP contribution in [0.5, 0.6) is 0 Å². The van der Waals surface area contributed by atoms with E-state index in [-0.39, 0.29) is 0 Å². The molecule has 4 heteroatoms. The van der Waals surface area contributed by atoms with Gasteiger partial charge in [-0.1, -0.05) is 25.1 Å². The lowest BCUT2D eigenvalue weighted by molar-refractivity contribution is 0.639. The molecule has 0 atom stereocenters. The van der Waals surface area contributed by atoms with Gasteiger partial charge in [0.2, 0.25) is 0 Å². The molecule has 1 aliphatic carbocycles. The maximum absolute atomic E-state index is 5.67. The maximum atomic E-state index is 5.67. The van der Waals surface area contributed by atoms with Crippen LogP contribution in [0.15, 0.2) is 18.2 Å². The van der Waals surface area contributed by atoms with Gasteiger partial charge < -0.3 is 10.3 Å². The summed E-state index contributed by atoms with van der Waals surface area (Å²) in [6.07, 6.45) is 5.18. The molecule has 3 rings (SSSR count).